The van der Waals surface area contributed by atoms with Crippen LogP contribution < -0.4 is 19.5 Å². The fraction of sp³-hybridized carbons (Fsp3) is 0.258. The zero-order valence-corrected chi connectivity index (χ0v) is 25.4. The van der Waals surface area contributed by atoms with Crippen LogP contribution in [0.2, 0.25) is 0 Å². The first-order valence-corrected chi connectivity index (χ1v) is 15.4. The zero-order chi connectivity index (χ0) is 32.4. The summed E-state index contributed by atoms with van der Waals surface area (Å²) < 4.78 is 67.0. The summed E-state index contributed by atoms with van der Waals surface area (Å²) in [6, 6.07) is 16.5. The molecule has 1 fully saturated rings. The summed E-state index contributed by atoms with van der Waals surface area (Å²) in [7, 11) is -0.727. The number of ether oxygens (including phenoxy) is 2. The van der Waals surface area contributed by atoms with E-state index in [1.807, 2.05) is 18.2 Å². The molecular formula is C31H33F2N5O6S. The number of benzene rings is 3. The number of methoxy groups -OCH3 is 1. The van der Waals surface area contributed by atoms with Crippen LogP contribution in [0.5, 0.6) is 11.5 Å². The van der Waals surface area contributed by atoms with E-state index in [0.29, 0.717) is 41.2 Å². The molecule has 3 aromatic carbocycles. The maximum Gasteiger partial charge on any atom is 0.290 e. The molecule has 1 aliphatic rings. The summed E-state index contributed by atoms with van der Waals surface area (Å²) in [4.78, 5) is 18.3. The Kier molecular flexibility index (Phi) is 11.2. The first kappa shape index (κ1) is 33.1. The highest BCUT2D eigenvalue weighted by Gasteiger charge is 2.24. The number of aromatic nitrogens is 2. The molecule has 238 valence electrons. The molecule has 0 saturated carbocycles. The predicted octanol–water partition coefficient (Wildman–Crippen LogP) is 5.40. The molecule has 1 aromatic heterocycles. The third-order valence-corrected chi connectivity index (χ3v) is 8.47. The van der Waals surface area contributed by atoms with Gasteiger partial charge in [0.2, 0.25) is 0 Å². The van der Waals surface area contributed by atoms with Gasteiger partial charge in [-0.25, -0.2) is 27.2 Å². The van der Waals surface area contributed by atoms with Gasteiger partial charge in [0.15, 0.2) is 16.4 Å². The highest BCUT2D eigenvalue weighted by Crippen LogP contribution is 2.33. The average molecular weight is 642 g/mol. The molecule has 14 heteroatoms. The Morgan fingerprint density at radius 3 is 2.27 bits per heavy atom. The Balaban J connectivity index is 0.00000148. The van der Waals surface area contributed by atoms with Crippen LogP contribution in [0.15, 0.2) is 78.0 Å². The number of sulfonamides is 1. The number of rotatable bonds is 10. The van der Waals surface area contributed by atoms with Crippen molar-refractivity contribution in [3.8, 4) is 22.8 Å². The molecular weight excluding hydrogens is 608 g/mol. The first-order chi connectivity index (χ1) is 21.6. The lowest BCUT2D eigenvalue weighted by Gasteiger charge is -2.28. The summed E-state index contributed by atoms with van der Waals surface area (Å²) in [5.41, 5.74) is 2.21. The van der Waals surface area contributed by atoms with Gasteiger partial charge in [0, 0.05) is 23.0 Å². The fourth-order valence-corrected chi connectivity index (χ4v) is 5.88. The van der Waals surface area contributed by atoms with Crippen molar-refractivity contribution in [2.75, 3.05) is 43.9 Å². The van der Waals surface area contributed by atoms with E-state index in [2.05, 4.69) is 32.0 Å². The van der Waals surface area contributed by atoms with Crippen LogP contribution in [0, 0.1) is 17.6 Å². The molecule has 0 spiro atoms. The molecule has 1 saturated heterocycles. The van der Waals surface area contributed by atoms with Crippen LogP contribution in [0.4, 0.5) is 26.0 Å². The van der Waals surface area contributed by atoms with Crippen molar-refractivity contribution in [1.82, 2.24) is 14.9 Å². The first-order valence-electron chi connectivity index (χ1n) is 13.9. The minimum absolute atomic E-state index is 0.136. The number of piperidine rings is 1. The number of nitrogens with one attached hydrogen (secondary N) is 2. The van der Waals surface area contributed by atoms with Crippen molar-refractivity contribution in [1.29, 1.82) is 0 Å². The summed E-state index contributed by atoms with van der Waals surface area (Å²) in [6.45, 7) is 2.55. The van der Waals surface area contributed by atoms with Crippen molar-refractivity contribution in [2.24, 2.45) is 5.92 Å². The third-order valence-electron chi connectivity index (χ3n) is 7.04. The van der Waals surface area contributed by atoms with Crippen LogP contribution >= 0.6 is 0 Å². The van der Waals surface area contributed by atoms with Gasteiger partial charge in [0.1, 0.15) is 23.8 Å². The van der Waals surface area contributed by atoms with Crippen molar-refractivity contribution < 1.29 is 36.6 Å². The number of likely N-dealkylation sites (tertiary alicyclic amines) is 1. The topological polar surface area (TPSA) is 143 Å². The number of hydrogen-bond donors (Lipinski definition) is 3. The molecule has 0 unspecified atom stereocenters. The predicted molar refractivity (Wildman–Crippen MR) is 165 cm³/mol. The van der Waals surface area contributed by atoms with E-state index in [4.69, 9.17) is 19.4 Å². The molecule has 0 radical (unpaired) electrons. The van der Waals surface area contributed by atoms with Gasteiger partial charge in [-0.15, -0.1) is 0 Å². The third kappa shape index (κ3) is 8.86. The van der Waals surface area contributed by atoms with E-state index in [0.717, 1.165) is 49.7 Å². The van der Waals surface area contributed by atoms with Gasteiger partial charge in [-0.3, -0.25) is 9.52 Å². The van der Waals surface area contributed by atoms with Gasteiger partial charge in [0.05, 0.1) is 19.4 Å². The number of carboxylic acid groups (broad SMARTS) is 1. The van der Waals surface area contributed by atoms with Crippen molar-refractivity contribution >= 4 is 33.7 Å². The largest absolute Gasteiger partial charge is 0.493 e. The van der Waals surface area contributed by atoms with Crippen molar-refractivity contribution in [2.45, 2.75) is 17.7 Å². The Bertz CT molecular complexity index is 1680. The van der Waals surface area contributed by atoms with Gasteiger partial charge in [-0.1, -0.05) is 6.07 Å². The van der Waals surface area contributed by atoms with Crippen LogP contribution in [-0.2, 0) is 14.8 Å². The molecule has 1 aliphatic heterocycles. The summed E-state index contributed by atoms with van der Waals surface area (Å²) in [5, 5.41) is 10.0. The van der Waals surface area contributed by atoms with Gasteiger partial charge in [0.25, 0.3) is 16.5 Å². The zero-order valence-electron chi connectivity index (χ0n) is 24.6. The van der Waals surface area contributed by atoms with Gasteiger partial charge >= 0.3 is 0 Å². The second-order valence-corrected chi connectivity index (χ2v) is 11.8. The second kappa shape index (κ2) is 15.3. The molecule has 11 nitrogen and oxygen atoms in total. The van der Waals surface area contributed by atoms with E-state index in [1.165, 1.54) is 18.5 Å². The van der Waals surface area contributed by atoms with E-state index in [-0.39, 0.29) is 12.2 Å². The second-order valence-electron chi connectivity index (χ2n) is 10.2. The SMILES string of the molecule is COc1cc(-c2cc(Nc3ccc(NS(=O)(=O)c4c(F)cccc4F)cc3)ncn2)ccc1OCC1CCN(C)CC1.O=CO. The lowest BCUT2D eigenvalue weighted by molar-refractivity contribution is -0.122. The van der Waals surface area contributed by atoms with E-state index in [1.54, 1.807) is 25.3 Å². The Hall–Kier alpha value is -4.82. The molecule has 45 heavy (non-hydrogen) atoms. The number of halogens is 2. The number of carbonyl (C=O) groups is 1. The molecule has 2 heterocycles. The number of anilines is 3. The molecule has 3 N–H and O–H groups in total. The van der Waals surface area contributed by atoms with Crippen LogP contribution in [-0.4, -0.2) is 68.7 Å². The van der Waals surface area contributed by atoms with E-state index in [9.17, 15) is 17.2 Å². The lowest BCUT2D eigenvalue weighted by atomic mass is 9.98. The van der Waals surface area contributed by atoms with Crippen LogP contribution in [0.25, 0.3) is 11.3 Å². The van der Waals surface area contributed by atoms with Crippen LogP contribution in [0.3, 0.4) is 0 Å². The minimum atomic E-state index is -4.47. The number of hydrogen-bond acceptors (Lipinski definition) is 9. The maximum atomic E-state index is 14.0. The Morgan fingerprint density at radius 1 is 0.978 bits per heavy atom. The normalized spacial score (nSPS) is 13.7. The molecule has 0 aliphatic carbocycles. The fourth-order valence-electron chi connectivity index (χ4n) is 4.68. The molecule has 0 bridgehead atoms. The molecule has 0 atom stereocenters. The van der Waals surface area contributed by atoms with E-state index < -0.39 is 26.6 Å². The van der Waals surface area contributed by atoms with Crippen molar-refractivity contribution in [3.63, 3.8) is 0 Å². The minimum Gasteiger partial charge on any atom is -0.493 e. The summed E-state index contributed by atoms with van der Waals surface area (Å²) in [5.74, 6) is -0.0306. The van der Waals surface area contributed by atoms with Gasteiger partial charge < -0.3 is 24.8 Å². The Morgan fingerprint density at radius 2 is 1.62 bits per heavy atom. The van der Waals surface area contributed by atoms with Gasteiger partial charge in [-0.2, -0.15) is 0 Å². The van der Waals surface area contributed by atoms with E-state index >= 15 is 0 Å². The highest BCUT2D eigenvalue weighted by molar-refractivity contribution is 7.92. The molecule has 5 rings (SSSR count). The highest BCUT2D eigenvalue weighted by atomic mass is 32.2. The smallest absolute Gasteiger partial charge is 0.290 e. The maximum absolute atomic E-state index is 14.0. The molecule has 0 amide bonds. The quantitative estimate of drug-likeness (QED) is 0.193. The average Bonchev–Trinajstić information content (AvgIpc) is 3.02. The van der Waals surface area contributed by atoms with Crippen LogP contribution in [0.1, 0.15) is 12.8 Å². The number of nitrogens with zero attached hydrogens (tertiary/aromatic N) is 3. The Labute approximate surface area is 259 Å². The lowest BCUT2D eigenvalue weighted by Crippen LogP contribution is -2.32. The summed E-state index contributed by atoms with van der Waals surface area (Å²) in [6.07, 6.45) is 3.65. The monoisotopic (exact) mass is 641 g/mol. The summed E-state index contributed by atoms with van der Waals surface area (Å²) >= 11 is 0. The van der Waals surface area contributed by atoms with Crippen molar-refractivity contribution in [3.05, 3.63) is 84.7 Å². The van der Waals surface area contributed by atoms with Gasteiger partial charge in [-0.05, 0) is 93.5 Å². The molecule has 4 aromatic rings. The standard InChI is InChI=1S/C30H31F2N5O4S.CH2O2/c1-37-14-12-20(13-15-37)18-41-27-11-6-21(16-28(27)40-2)26-17-29(34-19-33-26)35-22-7-9-23(10-8-22)36-42(38,39)30-24(31)4-3-5-25(30)32;2-1-3/h3-11,16-17,19-20,36H,12-15,18H2,1-2H3,(H,33,34,35);1H,(H,2,3).